The van der Waals surface area contributed by atoms with Crippen LogP contribution in [0.2, 0.25) is 0 Å². The first kappa shape index (κ1) is 20.4. The van der Waals surface area contributed by atoms with Crippen molar-refractivity contribution in [2.24, 2.45) is 0 Å². The average molecular weight is 420 g/mol. The molecule has 0 saturated heterocycles. The van der Waals surface area contributed by atoms with Gasteiger partial charge in [0.15, 0.2) is 0 Å². The Hall–Kier alpha value is -3.87. The summed E-state index contributed by atoms with van der Waals surface area (Å²) in [6.45, 7) is 0. The monoisotopic (exact) mass is 420 g/mol. The summed E-state index contributed by atoms with van der Waals surface area (Å²) in [5, 5.41) is 3.48. The van der Waals surface area contributed by atoms with Crippen LogP contribution in [0.15, 0.2) is 60.7 Å². The first-order valence-corrected chi connectivity index (χ1v) is 9.73. The second-order valence-corrected chi connectivity index (χ2v) is 6.95. The van der Waals surface area contributed by atoms with Gasteiger partial charge in [-0.15, -0.1) is 0 Å². The Labute approximate surface area is 181 Å². The van der Waals surface area contributed by atoms with Crippen LogP contribution in [-0.2, 0) is 0 Å². The molecule has 0 saturated carbocycles. The molecule has 1 atom stereocenters. The smallest absolute Gasteiger partial charge is 0.262 e. The molecule has 1 aliphatic heterocycles. The van der Waals surface area contributed by atoms with Gasteiger partial charge in [-0.2, -0.15) is 0 Å². The van der Waals surface area contributed by atoms with Gasteiger partial charge in [0.25, 0.3) is 5.91 Å². The second-order valence-electron chi connectivity index (χ2n) is 6.95. The number of hydrogen-bond acceptors (Lipinski definition) is 6. The summed E-state index contributed by atoms with van der Waals surface area (Å²) in [5.41, 5.74) is 2.74. The van der Waals surface area contributed by atoms with Gasteiger partial charge < -0.3 is 24.3 Å². The van der Waals surface area contributed by atoms with Crippen molar-refractivity contribution in [2.75, 3.05) is 38.7 Å². The van der Waals surface area contributed by atoms with Gasteiger partial charge in [0, 0.05) is 23.4 Å². The zero-order chi connectivity index (χ0) is 22.0. The van der Waals surface area contributed by atoms with Gasteiger partial charge in [0.1, 0.15) is 29.2 Å². The number of carbonyl (C=O) groups excluding carboxylic acids is 1. The number of benzene rings is 3. The summed E-state index contributed by atoms with van der Waals surface area (Å²) in [6, 6.07) is 18.4. The topological polar surface area (TPSA) is 69.3 Å². The van der Waals surface area contributed by atoms with Crippen molar-refractivity contribution in [3.05, 3.63) is 71.8 Å². The van der Waals surface area contributed by atoms with E-state index in [2.05, 4.69) is 5.32 Å². The third-order valence-electron chi connectivity index (χ3n) is 5.26. The standard InChI is InChI=1S/C24H24N2O5/c1-28-16-9-10-21(22(14-16)31-4)26-23(15-11-17(29-2)13-18(12-15)30-3)25-20-8-6-5-7-19(20)24(26)27/h5-14,23,25H,1-4H3/t23-/m0/s1. The molecule has 0 spiro atoms. The van der Waals surface area contributed by atoms with E-state index in [1.165, 1.54) is 0 Å². The lowest BCUT2D eigenvalue weighted by atomic mass is 10.0. The molecule has 1 N–H and O–H groups in total. The minimum atomic E-state index is -0.520. The number of hydrogen-bond donors (Lipinski definition) is 1. The minimum Gasteiger partial charge on any atom is -0.497 e. The van der Waals surface area contributed by atoms with Crippen LogP contribution in [0.3, 0.4) is 0 Å². The summed E-state index contributed by atoms with van der Waals surface area (Å²) >= 11 is 0. The number of amides is 1. The summed E-state index contributed by atoms with van der Waals surface area (Å²) < 4.78 is 21.8. The number of para-hydroxylation sites is 1. The van der Waals surface area contributed by atoms with E-state index in [1.54, 1.807) is 57.6 Å². The fourth-order valence-electron chi connectivity index (χ4n) is 3.71. The molecular formula is C24H24N2O5. The molecule has 160 valence electrons. The van der Waals surface area contributed by atoms with Crippen LogP contribution in [0, 0.1) is 0 Å². The highest BCUT2D eigenvalue weighted by atomic mass is 16.5. The van der Waals surface area contributed by atoms with Crippen molar-refractivity contribution >= 4 is 17.3 Å². The van der Waals surface area contributed by atoms with Gasteiger partial charge in [0.05, 0.1) is 39.7 Å². The first-order chi connectivity index (χ1) is 15.1. The van der Waals surface area contributed by atoms with Gasteiger partial charge in [-0.3, -0.25) is 9.69 Å². The number of carbonyl (C=O) groups is 1. The highest BCUT2D eigenvalue weighted by Gasteiger charge is 2.36. The van der Waals surface area contributed by atoms with E-state index in [1.807, 2.05) is 36.4 Å². The average Bonchev–Trinajstić information content (AvgIpc) is 2.83. The molecule has 0 aliphatic carbocycles. The summed E-state index contributed by atoms with van der Waals surface area (Å²) in [4.78, 5) is 15.3. The molecule has 3 aromatic carbocycles. The predicted octanol–water partition coefficient (Wildman–Crippen LogP) is 4.49. The van der Waals surface area contributed by atoms with Crippen molar-refractivity contribution in [1.82, 2.24) is 0 Å². The number of fused-ring (bicyclic) bond motifs is 1. The molecule has 7 nitrogen and oxygen atoms in total. The van der Waals surface area contributed by atoms with Crippen molar-refractivity contribution in [3.63, 3.8) is 0 Å². The van der Waals surface area contributed by atoms with Crippen LogP contribution in [0.4, 0.5) is 11.4 Å². The molecule has 0 fully saturated rings. The molecule has 0 aromatic heterocycles. The van der Waals surface area contributed by atoms with Crippen LogP contribution in [0.1, 0.15) is 22.1 Å². The lowest BCUT2D eigenvalue weighted by Crippen LogP contribution is -2.43. The second kappa shape index (κ2) is 8.47. The summed E-state index contributed by atoms with van der Waals surface area (Å²) in [7, 11) is 6.34. The molecule has 0 radical (unpaired) electrons. The highest BCUT2D eigenvalue weighted by Crippen LogP contribution is 2.42. The Morgan fingerprint density at radius 2 is 1.45 bits per heavy atom. The molecule has 7 heteroatoms. The summed E-state index contributed by atoms with van der Waals surface area (Å²) in [6.07, 6.45) is -0.520. The molecule has 4 rings (SSSR count). The number of nitrogens with one attached hydrogen (secondary N) is 1. The van der Waals surface area contributed by atoms with Crippen LogP contribution in [-0.4, -0.2) is 34.3 Å². The predicted molar refractivity (Wildman–Crippen MR) is 119 cm³/mol. The Bertz CT molecular complexity index is 1090. The fraction of sp³-hybridized carbons (Fsp3) is 0.208. The van der Waals surface area contributed by atoms with E-state index in [-0.39, 0.29) is 5.91 Å². The Kier molecular flexibility index (Phi) is 5.58. The molecule has 1 aliphatic rings. The van der Waals surface area contributed by atoms with Gasteiger partial charge in [-0.05, 0) is 36.4 Å². The third kappa shape index (κ3) is 3.70. The van der Waals surface area contributed by atoms with Crippen LogP contribution >= 0.6 is 0 Å². The number of methoxy groups -OCH3 is 4. The Balaban J connectivity index is 1.91. The quantitative estimate of drug-likeness (QED) is 0.634. The Morgan fingerprint density at radius 1 is 0.774 bits per heavy atom. The van der Waals surface area contributed by atoms with Gasteiger partial charge in [-0.25, -0.2) is 0 Å². The van der Waals surface area contributed by atoms with Crippen molar-refractivity contribution in [3.8, 4) is 23.0 Å². The fourth-order valence-corrected chi connectivity index (χ4v) is 3.71. The van der Waals surface area contributed by atoms with E-state index < -0.39 is 6.17 Å². The van der Waals surface area contributed by atoms with E-state index in [0.717, 1.165) is 11.3 Å². The Morgan fingerprint density at radius 3 is 2.10 bits per heavy atom. The number of rotatable bonds is 6. The van der Waals surface area contributed by atoms with Crippen molar-refractivity contribution in [1.29, 1.82) is 0 Å². The van der Waals surface area contributed by atoms with Gasteiger partial charge >= 0.3 is 0 Å². The van der Waals surface area contributed by atoms with E-state index in [9.17, 15) is 4.79 Å². The summed E-state index contributed by atoms with van der Waals surface area (Å²) in [5.74, 6) is 2.27. The zero-order valence-corrected chi connectivity index (χ0v) is 17.8. The SMILES string of the molecule is COc1cc(OC)cc([C@H]2Nc3ccccc3C(=O)N2c2ccc(OC)cc2OC)c1. The highest BCUT2D eigenvalue weighted by molar-refractivity contribution is 6.12. The van der Waals surface area contributed by atoms with E-state index >= 15 is 0 Å². The zero-order valence-electron chi connectivity index (χ0n) is 17.8. The molecular weight excluding hydrogens is 396 g/mol. The first-order valence-electron chi connectivity index (χ1n) is 9.73. The van der Waals surface area contributed by atoms with Gasteiger partial charge in [-0.1, -0.05) is 12.1 Å². The van der Waals surface area contributed by atoms with Crippen LogP contribution in [0.5, 0.6) is 23.0 Å². The number of anilines is 2. The number of nitrogens with zero attached hydrogens (tertiary/aromatic N) is 1. The lowest BCUT2D eigenvalue weighted by molar-refractivity contribution is 0.0974. The molecule has 0 unspecified atom stereocenters. The van der Waals surface area contributed by atoms with Crippen molar-refractivity contribution in [2.45, 2.75) is 6.17 Å². The normalized spacial score (nSPS) is 15.0. The third-order valence-corrected chi connectivity index (χ3v) is 5.26. The molecule has 3 aromatic rings. The van der Waals surface area contributed by atoms with Gasteiger partial charge in [0.2, 0.25) is 0 Å². The molecule has 31 heavy (non-hydrogen) atoms. The lowest BCUT2D eigenvalue weighted by Gasteiger charge is -2.38. The molecule has 1 heterocycles. The van der Waals surface area contributed by atoms with Crippen LogP contribution in [0.25, 0.3) is 0 Å². The molecule has 1 amide bonds. The van der Waals surface area contributed by atoms with E-state index in [4.69, 9.17) is 18.9 Å². The maximum atomic E-state index is 13.7. The van der Waals surface area contributed by atoms with E-state index in [0.29, 0.717) is 34.2 Å². The maximum absolute atomic E-state index is 13.7. The maximum Gasteiger partial charge on any atom is 0.262 e. The minimum absolute atomic E-state index is 0.149. The van der Waals surface area contributed by atoms with Crippen LogP contribution < -0.4 is 29.2 Å². The number of ether oxygens (including phenoxy) is 4. The molecule has 0 bridgehead atoms. The van der Waals surface area contributed by atoms with Crippen molar-refractivity contribution < 1.29 is 23.7 Å². The largest absolute Gasteiger partial charge is 0.497 e.